The van der Waals surface area contributed by atoms with E-state index in [1.54, 1.807) is 18.3 Å². The summed E-state index contributed by atoms with van der Waals surface area (Å²) in [7, 11) is 1.92. The van der Waals surface area contributed by atoms with E-state index in [-0.39, 0.29) is 6.79 Å². The Hall–Kier alpha value is -2.97. The molecule has 0 aliphatic carbocycles. The highest BCUT2D eigenvalue weighted by molar-refractivity contribution is 7.13. The van der Waals surface area contributed by atoms with Crippen LogP contribution in [0.4, 0.5) is 17.2 Å². The number of thiophene rings is 1. The van der Waals surface area contributed by atoms with E-state index in [9.17, 15) is 0 Å². The fourth-order valence-electron chi connectivity index (χ4n) is 2.75. The molecule has 1 aromatic carbocycles. The molecule has 8 heteroatoms. The molecule has 0 spiro atoms. The number of nitrogens with two attached hydrogens (primary N) is 1. The number of hydrogen-bond acceptors (Lipinski definition) is 7. The molecule has 2 aromatic heterocycles. The SMILES string of the molecule is C[NH2+]c1c(Nc2ccc3c(c2)OCO3)nc(-c2cccs2)nc1C(C)=N. The summed E-state index contributed by atoms with van der Waals surface area (Å²) >= 11 is 1.57. The molecule has 0 saturated heterocycles. The van der Waals surface area contributed by atoms with Gasteiger partial charge in [-0.05, 0) is 30.5 Å². The van der Waals surface area contributed by atoms with Crippen molar-refractivity contribution in [1.29, 1.82) is 5.41 Å². The second-order valence-electron chi connectivity index (χ2n) is 5.74. The minimum absolute atomic E-state index is 0.236. The van der Waals surface area contributed by atoms with Gasteiger partial charge in [-0.3, -0.25) is 0 Å². The topological polar surface area (TPSA) is 96.7 Å². The van der Waals surface area contributed by atoms with Crippen molar-refractivity contribution < 1.29 is 14.8 Å². The first-order chi connectivity index (χ1) is 12.7. The Labute approximate surface area is 154 Å². The highest BCUT2D eigenvalue weighted by Crippen LogP contribution is 2.36. The molecule has 7 nitrogen and oxygen atoms in total. The quantitative estimate of drug-likeness (QED) is 0.602. The molecule has 1 aliphatic rings. The summed E-state index contributed by atoms with van der Waals surface area (Å²) in [5.41, 5.74) is 2.65. The first-order valence-electron chi connectivity index (χ1n) is 8.13. The van der Waals surface area contributed by atoms with Gasteiger partial charge in [0.1, 0.15) is 0 Å². The predicted molar refractivity (Wildman–Crippen MR) is 101 cm³/mol. The van der Waals surface area contributed by atoms with Gasteiger partial charge in [0.2, 0.25) is 6.79 Å². The fourth-order valence-corrected chi connectivity index (χ4v) is 3.41. The predicted octanol–water partition coefficient (Wildman–Crippen LogP) is 2.89. The molecule has 0 radical (unpaired) electrons. The maximum atomic E-state index is 8.11. The van der Waals surface area contributed by atoms with Crippen molar-refractivity contribution in [2.45, 2.75) is 6.92 Å². The highest BCUT2D eigenvalue weighted by Gasteiger charge is 2.21. The zero-order valence-corrected chi connectivity index (χ0v) is 15.2. The van der Waals surface area contributed by atoms with E-state index in [1.807, 2.05) is 48.1 Å². The van der Waals surface area contributed by atoms with E-state index in [2.05, 4.69) is 10.3 Å². The van der Waals surface area contributed by atoms with Crippen LogP contribution in [0.15, 0.2) is 35.7 Å². The molecular weight excluding hydrogens is 350 g/mol. The van der Waals surface area contributed by atoms with Crippen LogP contribution in [0.1, 0.15) is 12.6 Å². The zero-order chi connectivity index (χ0) is 18.1. The van der Waals surface area contributed by atoms with Crippen molar-refractivity contribution >= 4 is 34.2 Å². The number of fused-ring (bicyclic) bond motifs is 1. The number of quaternary nitrogens is 1. The first-order valence-corrected chi connectivity index (χ1v) is 9.01. The van der Waals surface area contributed by atoms with Crippen molar-refractivity contribution in [2.75, 3.05) is 19.2 Å². The van der Waals surface area contributed by atoms with E-state index in [0.29, 0.717) is 28.8 Å². The van der Waals surface area contributed by atoms with E-state index in [1.165, 1.54) is 0 Å². The van der Waals surface area contributed by atoms with Crippen LogP contribution in [-0.4, -0.2) is 29.5 Å². The van der Waals surface area contributed by atoms with Gasteiger partial charge in [0.05, 0.1) is 17.6 Å². The third-order valence-corrected chi connectivity index (χ3v) is 4.83. The van der Waals surface area contributed by atoms with Crippen LogP contribution >= 0.6 is 11.3 Å². The summed E-state index contributed by atoms with van der Waals surface area (Å²) in [4.78, 5) is 10.3. The third-order valence-electron chi connectivity index (χ3n) is 3.97. The van der Waals surface area contributed by atoms with Crippen LogP contribution in [0.3, 0.4) is 0 Å². The number of rotatable bonds is 5. The van der Waals surface area contributed by atoms with E-state index in [0.717, 1.165) is 22.0 Å². The summed E-state index contributed by atoms with van der Waals surface area (Å²) in [6, 6.07) is 9.60. The molecule has 3 aromatic rings. The first kappa shape index (κ1) is 16.5. The molecule has 4 rings (SSSR count). The summed E-state index contributed by atoms with van der Waals surface area (Å²) in [6.45, 7) is 1.97. The molecule has 0 amide bonds. The van der Waals surface area contributed by atoms with Crippen LogP contribution < -0.4 is 20.1 Å². The maximum Gasteiger partial charge on any atom is 0.231 e. The molecule has 4 N–H and O–H groups in total. The van der Waals surface area contributed by atoms with Gasteiger partial charge < -0.3 is 25.5 Å². The Morgan fingerprint density at radius 1 is 1.23 bits per heavy atom. The molecule has 3 heterocycles. The summed E-state index contributed by atoms with van der Waals surface area (Å²) in [5, 5.41) is 15.4. The summed E-state index contributed by atoms with van der Waals surface area (Å²) in [5.74, 6) is 2.70. The van der Waals surface area contributed by atoms with Gasteiger partial charge in [0, 0.05) is 11.8 Å². The molecule has 0 saturated carbocycles. The fraction of sp³-hybridized carbons (Fsp3) is 0.167. The Bertz CT molecular complexity index is 972. The average molecular weight is 368 g/mol. The summed E-state index contributed by atoms with van der Waals surface area (Å²) in [6.07, 6.45) is 0. The lowest BCUT2D eigenvalue weighted by Gasteiger charge is -2.13. The molecule has 132 valence electrons. The van der Waals surface area contributed by atoms with Gasteiger partial charge in [-0.2, -0.15) is 0 Å². The summed E-state index contributed by atoms with van der Waals surface area (Å²) < 4.78 is 10.8. The lowest BCUT2D eigenvalue weighted by Crippen LogP contribution is -2.73. The highest BCUT2D eigenvalue weighted by atomic mass is 32.1. The number of nitrogens with zero attached hydrogens (tertiary/aromatic N) is 2. The van der Waals surface area contributed by atoms with E-state index in [4.69, 9.17) is 19.9 Å². The second-order valence-corrected chi connectivity index (χ2v) is 6.69. The lowest BCUT2D eigenvalue weighted by atomic mass is 10.2. The van der Waals surface area contributed by atoms with Gasteiger partial charge >= 0.3 is 0 Å². The second kappa shape index (κ2) is 6.74. The van der Waals surface area contributed by atoms with Crippen molar-refractivity contribution in [3.8, 4) is 22.2 Å². The van der Waals surface area contributed by atoms with Crippen molar-refractivity contribution in [2.24, 2.45) is 0 Å². The van der Waals surface area contributed by atoms with Gasteiger partial charge in [-0.25, -0.2) is 9.97 Å². The van der Waals surface area contributed by atoms with Crippen LogP contribution in [-0.2, 0) is 0 Å². The minimum Gasteiger partial charge on any atom is -0.454 e. The number of benzene rings is 1. The molecule has 1 aliphatic heterocycles. The molecule has 0 atom stereocenters. The average Bonchev–Trinajstić information content (AvgIpc) is 3.32. The number of nitrogens with one attached hydrogen (secondary N) is 2. The Kier molecular flexibility index (Phi) is 4.27. The normalized spacial score (nSPS) is 12.2. The maximum absolute atomic E-state index is 8.11. The monoisotopic (exact) mass is 368 g/mol. The van der Waals surface area contributed by atoms with Gasteiger partial charge in [-0.1, -0.05) is 6.07 Å². The number of anilines is 2. The van der Waals surface area contributed by atoms with Crippen molar-refractivity contribution in [3.05, 3.63) is 41.4 Å². The molecule has 0 unspecified atom stereocenters. The van der Waals surface area contributed by atoms with Crippen molar-refractivity contribution in [1.82, 2.24) is 9.97 Å². The Morgan fingerprint density at radius 3 is 2.81 bits per heavy atom. The number of ether oxygens (including phenoxy) is 2. The van der Waals surface area contributed by atoms with Gasteiger partial charge in [0.15, 0.2) is 34.5 Å². The molecular formula is C18H18N5O2S+. The van der Waals surface area contributed by atoms with Crippen LogP contribution in [0.2, 0.25) is 0 Å². The number of aromatic nitrogens is 2. The standard InChI is InChI=1S/C18H17N5O2S/c1-10(19)15-16(20-2)18(23-17(22-15)14-4-3-7-26-14)21-11-5-6-12-13(8-11)25-9-24-12/h3-8,19-20H,9H2,1-2H3,(H,21,22,23)/p+1. The molecule has 26 heavy (non-hydrogen) atoms. The van der Waals surface area contributed by atoms with Gasteiger partial charge in [0.25, 0.3) is 0 Å². The third kappa shape index (κ3) is 3.00. The minimum atomic E-state index is 0.236. The molecule has 0 bridgehead atoms. The van der Waals surface area contributed by atoms with Gasteiger partial charge in [-0.15, -0.1) is 11.3 Å². The lowest BCUT2D eigenvalue weighted by molar-refractivity contribution is -0.539. The number of hydrogen-bond donors (Lipinski definition) is 3. The van der Waals surface area contributed by atoms with E-state index < -0.39 is 0 Å². The largest absolute Gasteiger partial charge is 0.454 e. The van der Waals surface area contributed by atoms with Crippen molar-refractivity contribution in [3.63, 3.8) is 0 Å². The van der Waals surface area contributed by atoms with Crippen LogP contribution in [0.25, 0.3) is 10.7 Å². The molecule has 0 fully saturated rings. The van der Waals surface area contributed by atoms with E-state index >= 15 is 0 Å². The smallest absolute Gasteiger partial charge is 0.231 e. The van der Waals surface area contributed by atoms with Crippen LogP contribution in [0, 0.1) is 5.41 Å². The Balaban J connectivity index is 1.79. The van der Waals surface area contributed by atoms with Crippen LogP contribution in [0.5, 0.6) is 11.5 Å². The Morgan fingerprint density at radius 2 is 2.08 bits per heavy atom. The zero-order valence-electron chi connectivity index (χ0n) is 14.4.